The quantitative estimate of drug-likeness (QED) is 0.865. The zero-order chi connectivity index (χ0) is 18.7. The molecule has 1 aliphatic rings. The Kier molecular flexibility index (Phi) is 5.43. The lowest BCUT2D eigenvalue weighted by atomic mass is 10.2. The fourth-order valence-electron chi connectivity index (χ4n) is 3.02. The summed E-state index contributed by atoms with van der Waals surface area (Å²) in [5.41, 5.74) is 1.07. The molecule has 1 aliphatic heterocycles. The molecule has 26 heavy (non-hydrogen) atoms. The molecule has 0 unspecified atom stereocenters. The van der Waals surface area contributed by atoms with Crippen molar-refractivity contribution >= 4 is 21.4 Å². The number of benzene rings is 2. The molecule has 1 N–H and O–H groups in total. The number of likely N-dealkylation sites (N-methyl/N-ethyl adjacent to an activating group) is 1. The van der Waals surface area contributed by atoms with Crippen molar-refractivity contribution < 1.29 is 17.2 Å². The van der Waals surface area contributed by atoms with Gasteiger partial charge in [0.2, 0.25) is 0 Å². The standard InChI is InChI=1S/C18H21F2N3O2S/c1-2-22-9-11-23(12-10-22)17-6-4-3-5-16(17)21-26(24,25)18-13-14(19)7-8-15(18)20/h3-8,13,21H,2,9-12H2,1H3. The van der Waals surface area contributed by atoms with E-state index in [1.807, 2.05) is 12.1 Å². The van der Waals surface area contributed by atoms with Crippen molar-refractivity contribution in [2.75, 3.05) is 42.3 Å². The molecule has 3 rings (SSSR count). The molecular weight excluding hydrogens is 360 g/mol. The number of nitrogens with one attached hydrogen (secondary N) is 1. The van der Waals surface area contributed by atoms with E-state index < -0.39 is 26.6 Å². The molecule has 0 bridgehead atoms. The Hall–Kier alpha value is -2.19. The highest BCUT2D eigenvalue weighted by Crippen LogP contribution is 2.29. The number of halogens is 2. The Bertz CT molecular complexity index is 882. The normalized spacial score (nSPS) is 15.9. The SMILES string of the molecule is CCN1CCN(c2ccccc2NS(=O)(=O)c2cc(F)ccc2F)CC1. The maximum Gasteiger partial charge on any atom is 0.264 e. The fourth-order valence-corrected chi connectivity index (χ4v) is 4.19. The first-order chi connectivity index (χ1) is 12.4. The number of hydrogen-bond donors (Lipinski definition) is 1. The van der Waals surface area contributed by atoms with E-state index in [1.54, 1.807) is 12.1 Å². The lowest BCUT2D eigenvalue weighted by molar-refractivity contribution is 0.271. The molecule has 1 fully saturated rings. The third kappa shape index (κ3) is 3.96. The predicted molar refractivity (Wildman–Crippen MR) is 97.9 cm³/mol. The number of nitrogens with zero attached hydrogens (tertiary/aromatic N) is 2. The number of hydrogen-bond acceptors (Lipinski definition) is 4. The summed E-state index contributed by atoms with van der Waals surface area (Å²) < 4.78 is 54.8. The molecule has 140 valence electrons. The number of para-hydroxylation sites is 2. The molecule has 5 nitrogen and oxygen atoms in total. The summed E-state index contributed by atoms with van der Waals surface area (Å²) in [6.07, 6.45) is 0. The number of sulfonamides is 1. The van der Waals surface area contributed by atoms with Crippen molar-refractivity contribution in [3.8, 4) is 0 Å². The van der Waals surface area contributed by atoms with Gasteiger partial charge in [0.1, 0.15) is 16.5 Å². The highest BCUT2D eigenvalue weighted by atomic mass is 32.2. The van der Waals surface area contributed by atoms with Crippen LogP contribution in [0.3, 0.4) is 0 Å². The van der Waals surface area contributed by atoms with Gasteiger partial charge in [0.25, 0.3) is 10.0 Å². The monoisotopic (exact) mass is 381 g/mol. The van der Waals surface area contributed by atoms with Gasteiger partial charge >= 0.3 is 0 Å². The number of piperazine rings is 1. The third-order valence-corrected chi connectivity index (χ3v) is 5.87. The average molecular weight is 381 g/mol. The van der Waals surface area contributed by atoms with E-state index in [4.69, 9.17) is 0 Å². The molecule has 0 aliphatic carbocycles. The maximum atomic E-state index is 13.9. The van der Waals surface area contributed by atoms with Gasteiger partial charge in [0.05, 0.1) is 11.4 Å². The van der Waals surface area contributed by atoms with Crippen LogP contribution in [-0.2, 0) is 10.0 Å². The van der Waals surface area contributed by atoms with Crippen LogP contribution in [-0.4, -0.2) is 46.0 Å². The molecule has 0 saturated carbocycles. The summed E-state index contributed by atoms with van der Waals surface area (Å²) in [5, 5.41) is 0. The highest BCUT2D eigenvalue weighted by molar-refractivity contribution is 7.92. The van der Waals surface area contributed by atoms with E-state index in [1.165, 1.54) is 0 Å². The van der Waals surface area contributed by atoms with E-state index in [-0.39, 0.29) is 0 Å². The van der Waals surface area contributed by atoms with Gasteiger partial charge in [-0.05, 0) is 36.9 Å². The zero-order valence-electron chi connectivity index (χ0n) is 14.5. The Morgan fingerprint density at radius 2 is 1.73 bits per heavy atom. The number of anilines is 2. The van der Waals surface area contributed by atoms with Crippen molar-refractivity contribution in [1.29, 1.82) is 0 Å². The van der Waals surface area contributed by atoms with Gasteiger partial charge in [0, 0.05) is 26.2 Å². The molecule has 2 aromatic rings. The van der Waals surface area contributed by atoms with E-state index in [0.29, 0.717) is 11.8 Å². The second kappa shape index (κ2) is 7.59. The van der Waals surface area contributed by atoms with Crippen LogP contribution in [0.25, 0.3) is 0 Å². The molecular formula is C18H21F2N3O2S. The Morgan fingerprint density at radius 1 is 1.04 bits per heavy atom. The minimum Gasteiger partial charge on any atom is -0.367 e. The minimum absolute atomic E-state index is 0.348. The van der Waals surface area contributed by atoms with Crippen molar-refractivity contribution in [2.45, 2.75) is 11.8 Å². The van der Waals surface area contributed by atoms with E-state index in [2.05, 4.69) is 21.4 Å². The van der Waals surface area contributed by atoms with Crippen LogP contribution in [0, 0.1) is 11.6 Å². The van der Waals surface area contributed by atoms with Gasteiger partial charge in [-0.25, -0.2) is 17.2 Å². The molecule has 0 aromatic heterocycles. The first-order valence-corrected chi connectivity index (χ1v) is 9.93. The number of rotatable bonds is 5. The molecule has 0 spiro atoms. The van der Waals surface area contributed by atoms with Crippen LogP contribution < -0.4 is 9.62 Å². The molecule has 1 saturated heterocycles. The van der Waals surface area contributed by atoms with Crippen molar-refractivity contribution in [3.63, 3.8) is 0 Å². The van der Waals surface area contributed by atoms with Gasteiger partial charge in [-0.3, -0.25) is 4.72 Å². The van der Waals surface area contributed by atoms with Gasteiger partial charge < -0.3 is 9.80 Å². The molecule has 1 heterocycles. The first kappa shape index (κ1) is 18.6. The lowest BCUT2D eigenvalue weighted by Gasteiger charge is -2.36. The summed E-state index contributed by atoms with van der Waals surface area (Å²) in [4.78, 5) is 3.69. The summed E-state index contributed by atoms with van der Waals surface area (Å²) in [5.74, 6) is -1.80. The molecule has 8 heteroatoms. The predicted octanol–water partition coefficient (Wildman–Crippen LogP) is 2.91. The Labute approximate surface area is 152 Å². The van der Waals surface area contributed by atoms with Crippen LogP contribution in [0.15, 0.2) is 47.4 Å². The maximum absolute atomic E-state index is 13.9. The van der Waals surface area contributed by atoms with Crippen molar-refractivity contribution in [1.82, 2.24) is 4.90 Å². The third-order valence-electron chi connectivity index (χ3n) is 4.49. The minimum atomic E-state index is -4.25. The van der Waals surface area contributed by atoms with Crippen LogP contribution in [0.2, 0.25) is 0 Å². The van der Waals surface area contributed by atoms with Gasteiger partial charge in [-0.1, -0.05) is 19.1 Å². The van der Waals surface area contributed by atoms with Crippen molar-refractivity contribution in [3.05, 3.63) is 54.1 Å². The highest BCUT2D eigenvalue weighted by Gasteiger charge is 2.23. The second-order valence-electron chi connectivity index (χ2n) is 6.12. The van der Waals surface area contributed by atoms with Crippen LogP contribution in [0.5, 0.6) is 0 Å². The smallest absolute Gasteiger partial charge is 0.264 e. The molecule has 0 radical (unpaired) electrons. The topological polar surface area (TPSA) is 52.6 Å². The first-order valence-electron chi connectivity index (χ1n) is 8.45. The summed E-state index contributed by atoms with van der Waals surface area (Å²) in [6.45, 7) is 6.38. The van der Waals surface area contributed by atoms with Crippen LogP contribution >= 0.6 is 0 Å². The van der Waals surface area contributed by atoms with Gasteiger partial charge in [-0.2, -0.15) is 0 Å². The average Bonchev–Trinajstić information content (AvgIpc) is 2.64. The zero-order valence-corrected chi connectivity index (χ0v) is 15.3. The second-order valence-corrected chi connectivity index (χ2v) is 7.77. The fraction of sp³-hybridized carbons (Fsp3) is 0.333. The van der Waals surface area contributed by atoms with E-state index >= 15 is 0 Å². The van der Waals surface area contributed by atoms with E-state index in [0.717, 1.165) is 50.5 Å². The van der Waals surface area contributed by atoms with Crippen LogP contribution in [0.4, 0.5) is 20.2 Å². The van der Waals surface area contributed by atoms with Gasteiger partial charge in [0.15, 0.2) is 0 Å². The molecule has 2 aromatic carbocycles. The van der Waals surface area contributed by atoms with Crippen LogP contribution in [0.1, 0.15) is 6.92 Å². The largest absolute Gasteiger partial charge is 0.367 e. The Balaban J connectivity index is 1.88. The summed E-state index contributed by atoms with van der Waals surface area (Å²) >= 11 is 0. The summed E-state index contributed by atoms with van der Waals surface area (Å²) in [6, 6.07) is 9.33. The Morgan fingerprint density at radius 3 is 2.42 bits per heavy atom. The van der Waals surface area contributed by atoms with E-state index in [9.17, 15) is 17.2 Å². The summed E-state index contributed by atoms with van der Waals surface area (Å²) in [7, 11) is -4.25. The molecule has 0 amide bonds. The van der Waals surface area contributed by atoms with Crippen molar-refractivity contribution in [2.24, 2.45) is 0 Å². The lowest BCUT2D eigenvalue weighted by Crippen LogP contribution is -2.46. The van der Waals surface area contributed by atoms with Gasteiger partial charge in [-0.15, -0.1) is 0 Å². The molecule has 0 atom stereocenters.